The molecule has 0 radical (unpaired) electrons. The lowest BCUT2D eigenvalue weighted by molar-refractivity contribution is 1.14. The molecule has 0 saturated heterocycles. The first-order chi connectivity index (χ1) is 6.72. The first kappa shape index (κ1) is 8.38. The Hall–Kier alpha value is -2.22. The van der Waals surface area contributed by atoms with Crippen LogP contribution in [0.4, 0.5) is 5.82 Å². The van der Waals surface area contributed by atoms with Crippen molar-refractivity contribution in [2.45, 2.75) is 6.92 Å². The number of rotatable bonds is 0. The maximum absolute atomic E-state index is 11.3. The van der Waals surface area contributed by atoms with E-state index in [2.05, 4.69) is 19.8 Å². The van der Waals surface area contributed by atoms with Crippen LogP contribution in [0, 0.1) is 13.5 Å². The van der Waals surface area contributed by atoms with E-state index in [9.17, 15) is 4.79 Å². The van der Waals surface area contributed by atoms with E-state index in [1.165, 1.54) is 6.33 Å². The van der Waals surface area contributed by atoms with E-state index in [1.807, 2.05) is 0 Å². The summed E-state index contributed by atoms with van der Waals surface area (Å²) in [6, 6.07) is 1.69. The SMILES string of the molecule is [C-]#[N+]c1nc2c(=O)[nH]cnc2cc1C. The number of aromatic amines is 1. The summed E-state index contributed by atoms with van der Waals surface area (Å²) in [5.74, 6) is 0.246. The third kappa shape index (κ3) is 1.13. The molecule has 0 saturated carbocycles. The van der Waals surface area contributed by atoms with Crippen LogP contribution in [0.2, 0.25) is 0 Å². The van der Waals surface area contributed by atoms with E-state index in [0.29, 0.717) is 5.52 Å². The summed E-state index contributed by atoms with van der Waals surface area (Å²) in [6.07, 6.45) is 1.32. The van der Waals surface area contributed by atoms with Crippen molar-refractivity contribution in [2.24, 2.45) is 0 Å². The van der Waals surface area contributed by atoms with E-state index in [-0.39, 0.29) is 16.9 Å². The summed E-state index contributed by atoms with van der Waals surface area (Å²) in [5.41, 5.74) is 1.13. The molecule has 2 rings (SSSR count). The highest BCUT2D eigenvalue weighted by molar-refractivity contribution is 5.76. The number of nitrogens with one attached hydrogen (secondary N) is 1. The van der Waals surface area contributed by atoms with Crippen molar-refractivity contribution in [3.05, 3.63) is 39.7 Å². The lowest BCUT2D eigenvalue weighted by Gasteiger charge is -1.96. The zero-order chi connectivity index (χ0) is 10.1. The molecule has 0 unspecified atom stereocenters. The fraction of sp³-hybridized carbons (Fsp3) is 0.111. The van der Waals surface area contributed by atoms with Gasteiger partial charge in [0.1, 0.15) is 5.52 Å². The Morgan fingerprint density at radius 3 is 3.07 bits per heavy atom. The van der Waals surface area contributed by atoms with Crippen molar-refractivity contribution < 1.29 is 0 Å². The topological polar surface area (TPSA) is 63.0 Å². The summed E-state index contributed by atoms with van der Waals surface area (Å²) in [6.45, 7) is 8.63. The first-order valence-corrected chi connectivity index (χ1v) is 3.95. The van der Waals surface area contributed by atoms with Crippen LogP contribution in [0.15, 0.2) is 17.2 Å². The zero-order valence-corrected chi connectivity index (χ0v) is 7.40. The minimum Gasteiger partial charge on any atom is -0.360 e. The van der Waals surface area contributed by atoms with Crippen LogP contribution >= 0.6 is 0 Å². The highest BCUT2D eigenvalue weighted by Crippen LogP contribution is 2.17. The predicted molar refractivity (Wildman–Crippen MR) is 51.2 cm³/mol. The third-order valence-electron chi connectivity index (χ3n) is 1.89. The molecule has 0 atom stereocenters. The van der Waals surface area contributed by atoms with Crippen LogP contribution in [-0.4, -0.2) is 15.0 Å². The molecule has 0 aromatic carbocycles. The van der Waals surface area contributed by atoms with Gasteiger partial charge in [-0.3, -0.25) is 4.79 Å². The second kappa shape index (κ2) is 2.92. The van der Waals surface area contributed by atoms with Gasteiger partial charge in [-0.25, -0.2) is 4.98 Å². The van der Waals surface area contributed by atoms with E-state index in [4.69, 9.17) is 6.57 Å². The van der Waals surface area contributed by atoms with Crippen LogP contribution in [0.3, 0.4) is 0 Å². The van der Waals surface area contributed by atoms with Gasteiger partial charge in [-0.1, -0.05) is 6.57 Å². The standard InChI is InChI=1S/C9H6N4O/c1-5-3-6-7(13-8(5)10-2)9(14)12-4-11-6/h3-4H,1H3,(H,11,12,14). The molecule has 0 amide bonds. The number of hydrogen-bond acceptors (Lipinski definition) is 3. The fourth-order valence-corrected chi connectivity index (χ4v) is 1.20. The predicted octanol–water partition coefficient (Wildman–Crippen LogP) is 1.18. The van der Waals surface area contributed by atoms with Crippen molar-refractivity contribution in [1.29, 1.82) is 0 Å². The number of aryl methyl sites for hydroxylation is 1. The largest absolute Gasteiger partial charge is 0.360 e. The summed E-state index contributed by atoms with van der Waals surface area (Å²) in [5, 5.41) is 0. The van der Waals surface area contributed by atoms with Crippen molar-refractivity contribution in [2.75, 3.05) is 0 Å². The second-order valence-corrected chi connectivity index (χ2v) is 2.84. The van der Waals surface area contributed by atoms with E-state index >= 15 is 0 Å². The molecular formula is C9H6N4O. The molecule has 5 nitrogen and oxygen atoms in total. The lowest BCUT2D eigenvalue weighted by Crippen LogP contribution is -2.08. The molecule has 2 aromatic heterocycles. The summed E-state index contributed by atoms with van der Waals surface area (Å²) in [4.78, 5) is 24.8. The maximum Gasteiger partial charge on any atom is 0.301 e. The summed E-state index contributed by atoms with van der Waals surface area (Å²) >= 11 is 0. The number of nitrogens with zero attached hydrogens (tertiary/aromatic N) is 3. The molecule has 0 spiro atoms. The van der Waals surface area contributed by atoms with Crippen molar-refractivity contribution in [3.63, 3.8) is 0 Å². The zero-order valence-electron chi connectivity index (χ0n) is 7.40. The monoisotopic (exact) mass is 186 g/mol. The molecule has 5 heteroatoms. The molecule has 1 N–H and O–H groups in total. The Bertz CT molecular complexity index is 594. The number of pyridine rings is 1. The highest BCUT2D eigenvalue weighted by atomic mass is 16.1. The van der Waals surface area contributed by atoms with Gasteiger partial charge in [-0.15, -0.1) is 4.98 Å². The fourth-order valence-electron chi connectivity index (χ4n) is 1.20. The normalized spacial score (nSPS) is 10.0. The molecule has 14 heavy (non-hydrogen) atoms. The van der Waals surface area contributed by atoms with Crippen LogP contribution in [-0.2, 0) is 0 Å². The van der Waals surface area contributed by atoms with E-state index in [0.717, 1.165) is 5.56 Å². The van der Waals surface area contributed by atoms with E-state index < -0.39 is 0 Å². The molecule has 0 aliphatic heterocycles. The number of hydrogen-bond donors (Lipinski definition) is 1. The van der Waals surface area contributed by atoms with Crippen LogP contribution in [0.1, 0.15) is 5.56 Å². The highest BCUT2D eigenvalue weighted by Gasteiger charge is 2.08. The van der Waals surface area contributed by atoms with Gasteiger partial charge in [0.05, 0.1) is 6.33 Å². The molecule has 0 fully saturated rings. The molecule has 2 heterocycles. The van der Waals surface area contributed by atoms with Crippen LogP contribution < -0.4 is 5.56 Å². The third-order valence-corrected chi connectivity index (χ3v) is 1.89. The Kier molecular flexibility index (Phi) is 1.75. The number of H-pyrrole nitrogens is 1. The molecule has 2 aromatic rings. The van der Waals surface area contributed by atoms with Crippen molar-refractivity contribution >= 4 is 16.9 Å². The molecule has 68 valence electrons. The first-order valence-electron chi connectivity index (χ1n) is 3.95. The van der Waals surface area contributed by atoms with Gasteiger partial charge in [0.2, 0.25) is 5.52 Å². The van der Waals surface area contributed by atoms with Gasteiger partial charge in [-0.2, -0.15) is 0 Å². The Morgan fingerprint density at radius 2 is 2.36 bits per heavy atom. The van der Waals surface area contributed by atoms with Crippen molar-refractivity contribution in [1.82, 2.24) is 15.0 Å². The van der Waals surface area contributed by atoms with Gasteiger partial charge in [0, 0.05) is 0 Å². The molecule has 0 aliphatic rings. The minimum absolute atomic E-state index is 0.212. The Labute approximate surface area is 79.3 Å². The maximum atomic E-state index is 11.3. The Morgan fingerprint density at radius 1 is 1.57 bits per heavy atom. The van der Waals surface area contributed by atoms with Gasteiger partial charge in [0.15, 0.2) is 0 Å². The summed E-state index contributed by atoms with van der Waals surface area (Å²) < 4.78 is 0. The van der Waals surface area contributed by atoms with Gasteiger partial charge >= 0.3 is 5.56 Å². The second-order valence-electron chi connectivity index (χ2n) is 2.84. The number of fused-ring (bicyclic) bond motifs is 1. The minimum atomic E-state index is -0.320. The van der Waals surface area contributed by atoms with Crippen LogP contribution in [0.25, 0.3) is 15.9 Å². The average molecular weight is 186 g/mol. The number of aromatic nitrogens is 3. The van der Waals surface area contributed by atoms with Gasteiger partial charge in [0.25, 0.3) is 5.82 Å². The van der Waals surface area contributed by atoms with Gasteiger partial charge in [-0.05, 0) is 18.6 Å². The lowest BCUT2D eigenvalue weighted by atomic mass is 10.2. The summed E-state index contributed by atoms with van der Waals surface area (Å²) in [7, 11) is 0. The van der Waals surface area contributed by atoms with Crippen molar-refractivity contribution in [3.8, 4) is 0 Å². The van der Waals surface area contributed by atoms with Crippen LogP contribution in [0.5, 0.6) is 0 Å². The molecule has 0 aliphatic carbocycles. The average Bonchev–Trinajstić information content (AvgIpc) is 2.17. The molecule has 0 bridgehead atoms. The quantitative estimate of drug-likeness (QED) is 0.628. The smallest absolute Gasteiger partial charge is 0.301 e. The van der Waals surface area contributed by atoms with Gasteiger partial charge < -0.3 is 9.83 Å². The Balaban J connectivity index is 2.96. The molecular weight excluding hydrogens is 180 g/mol. The van der Waals surface area contributed by atoms with E-state index in [1.54, 1.807) is 13.0 Å².